The van der Waals surface area contributed by atoms with E-state index in [0.717, 1.165) is 5.56 Å². The van der Waals surface area contributed by atoms with E-state index in [1.165, 1.54) is 13.3 Å². The minimum atomic E-state index is -0.325. The van der Waals surface area contributed by atoms with E-state index in [0.29, 0.717) is 29.4 Å². The molecule has 0 aliphatic rings. The van der Waals surface area contributed by atoms with Crippen molar-refractivity contribution in [1.82, 2.24) is 15.3 Å². The van der Waals surface area contributed by atoms with Crippen LogP contribution in [-0.2, 0) is 6.54 Å². The topological polar surface area (TPSA) is 93.2 Å². The van der Waals surface area contributed by atoms with Crippen molar-refractivity contribution < 1.29 is 14.3 Å². The molecule has 0 bridgehead atoms. The maximum absolute atomic E-state index is 12.5. The number of nitrogens with one attached hydrogen (secondary N) is 2. The molecule has 3 aromatic rings. The van der Waals surface area contributed by atoms with Gasteiger partial charge in [0.05, 0.1) is 7.11 Å². The molecule has 0 saturated carbocycles. The van der Waals surface area contributed by atoms with Crippen molar-refractivity contribution in [3.63, 3.8) is 0 Å². The maximum Gasteiger partial charge on any atom is 0.270 e. The van der Waals surface area contributed by atoms with Crippen molar-refractivity contribution in [2.75, 3.05) is 12.4 Å². The van der Waals surface area contributed by atoms with Gasteiger partial charge in [-0.1, -0.05) is 30.3 Å². The second-order valence-electron chi connectivity index (χ2n) is 6.05. The third kappa shape index (κ3) is 4.70. The number of nitrogens with zero attached hydrogens (tertiary/aromatic N) is 2. The molecule has 7 nitrogen and oxygen atoms in total. The Bertz CT molecular complexity index is 1000. The van der Waals surface area contributed by atoms with Gasteiger partial charge in [0.25, 0.3) is 5.91 Å². The Morgan fingerprint density at radius 1 is 1.04 bits per heavy atom. The van der Waals surface area contributed by atoms with Crippen LogP contribution in [0.3, 0.4) is 0 Å². The molecule has 2 N–H and O–H groups in total. The van der Waals surface area contributed by atoms with Crippen LogP contribution in [0.25, 0.3) is 0 Å². The van der Waals surface area contributed by atoms with Gasteiger partial charge < -0.3 is 15.4 Å². The summed E-state index contributed by atoms with van der Waals surface area (Å²) in [6.45, 7) is 1.82. The fourth-order valence-corrected chi connectivity index (χ4v) is 2.63. The number of ether oxygens (including phenoxy) is 1. The van der Waals surface area contributed by atoms with Crippen LogP contribution in [0.4, 0.5) is 11.5 Å². The van der Waals surface area contributed by atoms with Crippen LogP contribution in [0.15, 0.2) is 60.9 Å². The first kappa shape index (κ1) is 19.0. The highest BCUT2D eigenvalue weighted by Gasteiger charge is 2.10. The van der Waals surface area contributed by atoms with Gasteiger partial charge in [0.1, 0.15) is 23.6 Å². The standard InChI is InChI=1S/C21H20N4O3/c1-14(26)15-7-5-8-17(10-15)25-20-11-18(23-13-24-20)21(27)22-12-16-6-3-4-9-19(16)28-2/h3-11,13H,12H2,1-2H3,(H,22,27)(H,23,24,25). The molecule has 7 heteroatoms. The molecule has 0 aliphatic heterocycles. The highest BCUT2D eigenvalue weighted by molar-refractivity contribution is 5.95. The van der Waals surface area contributed by atoms with E-state index in [1.54, 1.807) is 31.4 Å². The molecular formula is C21H20N4O3. The summed E-state index contributed by atoms with van der Waals surface area (Å²) in [5.74, 6) is 0.813. The lowest BCUT2D eigenvalue weighted by molar-refractivity contribution is 0.0944. The largest absolute Gasteiger partial charge is 0.496 e. The van der Waals surface area contributed by atoms with E-state index in [4.69, 9.17) is 4.74 Å². The third-order valence-corrected chi connectivity index (χ3v) is 4.07. The van der Waals surface area contributed by atoms with Crippen molar-refractivity contribution in [3.05, 3.63) is 77.7 Å². The van der Waals surface area contributed by atoms with E-state index in [-0.39, 0.29) is 17.4 Å². The molecule has 0 aliphatic carbocycles. The van der Waals surface area contributed by atoms with Crippen LogP contribution in [0.2, 0.25) is 0 Å². The number of para-hydroxylation sites is 1. The summed E-state index contributed by atoms with van der Waals surface area (Å²) in [6, 6.07) is 16.1. The van der Waals surface area contributed by atoms with Gasteiger partial charge in [-0.15, -0.1) is 0 Å². The summed E-state index contributed by atoms with van der Waals surface area (Å²) >= 11 is 0. The average Bonchev–Trinajstić information content (AvgIpc) is 2.72. The lowest BCUT2D eigenvalue weighted by Gasteiger charge is -2.10. The van der Waals surface area contributed by atoms with Gasteiger partial charge in [-0.25, -0.2) is 9.97 Å². The number of amides is 1. The van der Waals surface area contributed by atoms with E-state index >= 15 is 0 Å². The van der Waals surface area contributed by atoms with Gasteiger partial charge in [0, 0.05) is 29.4 Å². The second kappa shape index (κ2) is 8.77. The number of benzene rings is 2. The molecule has 0 spiro atoms. The number of aromatic nitrogens is 2. The van der Waals surface area contributed by atoms with Gasteiger partial charge in [0.15, 0.2) is 5.78 Å². The van der Waals surface area contributed by atoms with Gasteiger partial charge in [-0.05, 0) is 25.1 Å². The van der Waals surface area contributed by atoms with Crippen molar-refractivity contribution in [2.45, 2.75) is 13.5 Å². The molecule has 3 rings (SSSR count). The van der Waals surface area contributed by atoms with E-state index in [1.807, 2.05) is 30.3 Å². The first-order chi connectivity index (χ1) is 13.6. The summed E-state index contributed by atoms with van der Waals surface area (Å²) in [5, 5.41) is 5.91. The van der Waals surface area contributed by atoms with Gasteiger partial charge in [-0.2, -0.15) is 0 Å². The minimum Gasteiger partial charge on any atom is -0.496 e. The molecule has 0 radical (unpaired) electrons. The molecule has 0 unspecified atom stereocenters. The number of carbonyl (C=O) groups excluding carboxylic acids is 2. The molecule has 1 aromatic heterocycles. The lowest BCUT2D eigenvalue weighted by Crippen LogP contribution is -2.24. The fourth-order valence-electron chi connectivity index (χ4n) is 2.63. The first-order valence-corrected chi connectivity index (χ1v) is 8.67. The molecule has 1 amide bonds. The van der Waals surface area contributed by atoms with Crippen LogP contribution in [0.1, 0.15) is 33.3 Å². The van der Waals surface area contributed by atoms with Gasteiger partial charge in [-0.3, -0.25) is 9.59 Å². The van der Waals surface area contributed by atoms with Crippen LogP contribution in [0.5, 0.6) is 5.75 Å². The summed E-state index contributed by atoms with van der Waals surface area (Å²) in [5.41, 5.74) is 2.39. The van der Waals surface area contributed by atoms with Gasteiger partial charge in [0.2, 0.25) is 0 Å². The summed E-state index contributed by atoms with van der Waals surface area (Å²) in [7, 11) is 1.59. The van der Waals surface area contributed by atoms with Crippen LogP contribution < -0.4 is 15.4 Å². The summed E-state index contributed by atoms with van der Waals surface area (Å²) < 4.78 is 5.28. The Balaban J connectivity index is 1.69. The van der Waals surface area contributed by atoms with Crippen molar-refractivity contribution in [2.24, 2.45) is 0 Å². The molecule has 2 aromatic carbocycles. The Morgan fingerprint density at radius 2 is 1.86 bits per heavy atom. The Hall–Kier alpha value is -3.74. The predicted octanol–water partition coefficient (Wildman–Crippen LogP) is 3.36. The lowest BCUT2D eigenvalue weighted by atomic mass is 10.1. The maximum atomic E-state index is 12.5. The zero-order valence-corrected chi connectivity index (χ0v) is 15.6. The number of methoxy groups -OCH3 is 1. The summed E-state index contributed by atoms with van der Waals surface area (Å²) in [4.78, 5) is 32.1. The molecule has 0 saturated heterocycles. The van der Waals surface area contributed by atoms with E-state index in [2.05, 4.69) is 20.6 Å². The normalized spacial score (nSPS) is 10.2. The van der Waals surface area contributed by atoms with Crippen LogP contribution >= 0.6 is 0 Å². The second-order valence-corrected chi connectivity index (χ2v) is 6.05. The zero-order valence-electron chi connectivity index (χ0n) is 15.6. The highest BCUT2D eigenvalue weighted by Crippen LogP contribution is 2.18. The van der Waals surface area contributed by atoms with Crippen molar-refractivity contribution in [3.8, 4) is 5.75 Å². The first-order valence-electron chi connectivity index (χ1n) is 8.67. The van der Waals surface area contributed by atoms with Crippen molar-refractivity contribution in [1.29, 1.82) is 0 Å². The fraction of sp³-hybridized carbons (Fsp3) is 0.143. The van der Waals surface area contributed by atoms with Gasteiger partial charge >= 0.3 is 0 Å². The zero-order chi connectivity index (χ0) is 19.9. The van der Waals surface area contributed by atoms with Crippen LogP contribution in [0, 0.1) is 0 Å². The number of hydrogen-bond donors (Lipinski definition) is 2. The molecule has 28 heavy (non-hydrogen) atoms. The Labute approximate surface area is 162 Å². The molecule has 0 fully saturated rings. The Kier molecular flexibility index (Phi) is 5.96. The third-order valence-electron chi connectivity index (χ3n) is 4.07. The number of carbonyl (C=O) groups is 2. The number of anilines is 2. The summed E-state index contributed by atoms with van der Waals surface area (Å²) in [6.07, 6.45) is 1.31. The number of Topliss-reactive ketones (excluding diaryl/α,β-unsaturated/α-hetero) is 1. The number of ketones is 1. The molecule has 0 atom stereocenters. The Morgan fingerprint density at radius 3 is 2.64 bits per heavy atom. The van der Waals surface area contributed by atoms with E-state index < -0.39 is 0 Å². The smallest absolute Gasteiger partial charge is 0.270 e. The highest BCUT2D eigenvalue weighted by atomic mass is 16.5. The molecular weight excluding hydrogens is 356 g/mol. The monoisotopic (exact) mass is 376 g/mol. The SMILES string of the molecule is COc1ccccc1CNC(=O)c1cc(Nc2cccc(C(C)=O)c2)ncn1. The average molecular weight is 376 g/mol. The minimum absolute atomic E-state index is 0.0252. The quantitative estimate of drug-likeness (QED) is 0.614. The van der Waals surface area contributed by atoms with E-state index in [9.17, 15) is 9.59 Å². The van der Waals surface area contributed by atoms with Crippen molar-refractivity contribution >= 4 is 23.2 Å². The molecule has 142 valence electrons. The predicted molar refractivity (Wildman–Crippen MR) is 106 cm³/mol. The number of rotatable bonds is 7. The van der Waals surface area contributed by atoms with Crippen LogP contribution in [-0.4, -0.2) is 28.8 Å². The number of hydrogen-bond acceptors (Lipinski definition) is 6. The molecule has 1 heterocycles.